The number of nitrogens with one attached hydrogen (secondary N) is 1. The van der Waals surface area contributed by atoms with Crippen LogP contribution in [0.2, 0.25) is 0 Å². The van der Waals surface area contributed by atoms with Crippen molar-refractivity contribution >= 4 is 17.4 Å². The molecule has 3 aromatic rings. The quantitative estimate of drug-likeness (QED) is 0.774. The second-order valence-electron chi connectivity index (χ2n) is 6.69. The molecule has 0 radical (unpaired) electrons. The summed E-state index contributed by atoms with van der Waals surface area (Å²) in [4.78, 5) is 21.4. The van der Waals surface area contributed by atoms with Gasteiger partial charge in [0, 0.05) is 30.1 Å². The van der Waals surface area contributed by atoms with Crippen LogP contribution in [0.5, 0.6) is 5.75 Å². The van der Waals surface area contributed by atoms with Crippen molar-refractivity contribution < 1.29 is 9.53 Å². The number of anilines is 1. The summed E-state index contributed by atoms with van der Waals surface area (Å²) in [6.45, 7) is 0. The molecule has 2 aromatic heterocycles. The zero-order chi connectivity index (χ0) is 17.9. The molecule has 6 heteroatoms. The van der Waals surface area contributed by atoms with E-state index in [9.17, 15) is 4.79 Å². The number of hydrogen-bond acceptors (Lipinski definition) is 4. The Morgan fingerprint density at radius 3 is 2.88 bits per heavy atom. The normalized spacial score (nSPS) is 15.1. The van der Waals surface area contributed by atoms with Crippen LogP contribution in [0.3, 0.4) is 0 Å². The number of benzene rings is 1. The molecule has 1 aliphatic rings. The van der Waals surface area contributed by atoms with Crippen molar-refractivity contribution in [3.8, 4) is 17.0 Å². The van der Waals surface area contributed by atoms with Crippen LogP contribution in [-0.4, -0.2) is 27.4 Å². The number of methoxy groups -OCH3 is 1. The third-order valence-corrected chi connectivity index (χ3v) is 4.96. The average molecular weight is 350 g/mol. The Kier molecular flexibility index (Phi) is 4.56. The number of hydrogen-bond donors (Lipinski definition) is 1. The summed E-state index contributed by atoms with van der Waals surface area (Å²) in [5.41, 5.74) is 2.40. The molecule has 4 rings (SSSR count). The Labute approximate surface area is 152 Å². The van der Waals surface area contributed by atoms with Crippen molar-refractivity contribution in [1.29, 1.82) is 0 Å². The molecule has 1 N–H and O–H groups in total. The van der Waals surface area contributed by atoms with Crippen LogP contribution in [0, 0.1) is 5.92 Å². The first-order chi connectivity index (χ1) is 12.7. The predicted molar refractivity (Wildman–Crippen MR) is 100 cm³/mol. The first kappa shape index (κ1) is 16.6. The maximum Gasteiger partial charge on any atom is 0.234 e. The number of nitrogens with zero attached hydrogens (tertiary/aromatic N) is 3. The van der Waals surface area contributed by atoms with Crippen molar-refractivity contribution in [2.75, 3.05) is 12.4 Å². The van der Waals surface area contributed by atoms with Crippen molar-refractivity contribution in [3.63, 3.8) is 0 Å². The van der Waals surface area contributed by atoms with Gasteiger partial charge in [0.15, 0.2) is 0 Å². The predicted octanol–water partition coefficient (Wildman–Crippen LogP) is 3.92. The fourth-order valence-electron chi connectivity index (χ4n) is 3.53. The van der Waals surface area contributed by atoms with Gasteiger partial charge in [-0.25, -0.2) is 9.97 Å². The SMILES string of the molecule is COc1ccc(-c2cn3cccnc3n2)cc1NC(=O)C1CCCCC1. The summed E-state index contributed by atoms with van der Waals surface area (Å²) in [6.07, 6.45) is 11.0. The van der Waals surface area contributed by atoms with Crippen molar-refractivity contribution in [2.45, 2.75) is 32.1 Å². The highest BCUT2D eigenvalue weighted by molar-refractivity contribution is 5.94. The van der Waals surface area contributed by atoms with Gasteiger partial charge in [0.1, 0.15) is 5.75 Å². The Morgan fingerprint density at radius 1 is 1.27 bits per heavy atom. The van der Waals surface area contributed by atoms with E-state index in [1.807, 2.05) is 41.1 Å². The lowest BCUT2D eigenvalue weighted by atomic mass is 9.88. The minimum absolute atomic E-state index is 0.0804. The van der Waals surface area contributed by atoms with Gasteiger partial charge >= 0.3 is 0 Å². The third-order valence-electron chi connectivity index (χ3n) is 4.96. The molecule has 0 spiro atoms. The lowest BCUT2D eigenvalue weighted by Gasteiger charge is -2.21. The maximum atomic E-state index is 12.6. The Balaban J connectivity index is 1.63. The van der Waals surface area contributed by atoms with E-state index in [1.165, 1.54) is 6.42 Å². The lowest BCUT2D eigenvalue weighted by Crippen LogP contribution is -2.24. The summed E-state index contributed by atoms with van der Waals surface area (Å²) in [5.74, 6) is 1.47. The topological polar surface area (TPSA) is 68.5 Å². The number of ether oxygens (including phenoxy) is 1. The molecule has 0 atom stereocenters. The Bertz CT molecular complexity index is 895. The molecule has 1 saturated carbocycles. The molecule has 0 unspecified atom stereocenters. The number of amides is 1. The molecule has 134 valence electrons. The van der Waals surface area contributed by atoms with Crippen LogP contribution in [-0.2, 0) is 4.79 Å². The van der Waals surface area contributed by atoms with Gasteiger partial charge in [-0.15, -0.1) is 0 Å². The van der Waals surface area contributed by atoms with Crippen LogP contribution in [0.15, 0.2) is 42.9 Å². The molecule has 1 aromatic carbocycles. The van der Waals surface area contributed by atoms with Gasteiger partial charge in [0.05, 0.1) is 18.5 Å². The van der Waals surface area contributed by atoms with Crippen LogP contribution in [0.25, 0.3) is 17.0 Å². The van der Waals surface area contributed by atoms with Gasteiger partial charge in [-0.05, 0) is 37.1 Å². The zero-order valence-electron chi connectivity index (χ0n) is 14.8. The van der Waals surface area contributed by atoms with E-state index in [-0.39, 0.29) is 11.8 Å². The zero-order valence-corrected chi connectivity index (χ0v) is 14.8. The number of imidazole rings is 1. The maximum absolute atomic E-state index is 12.6. The molecule has 1 fully saturated rings. The summed E-state index contributed by atoms with van der Waals surface area (Å²) in [7, 11) is 1.61. The highest BCUT2D eigenvalue weighted by Crippen LogP contribution is 2.32. The van der Waals surface area contributed by atoms with E-state index < -0.39 is 0 Å². The van der Waals surface area contributed by atoms with E-state index in [0.29, 0.717) is 17.2 Å². The Hall–Kier alpha value is -2.89. The van der Waals surface area contributed by atoms with Gasteiger partial charge in [-0.2, -0.15) is 0 Å². The second kappa shape index (κ2) is 7.15. The largest absolute Gasteiger partial charge is 0.495 e. The molecule has 1 amide bonds. The second-order valence-corrected chi connectivity index (χ2v) is 6.69. The van der Waals surface area contributed by atoms with Crippen LogP contribution in [0.4, 0.5) is 5.69 Å². The van der Waals surface area contributed by atoms with Gasteiger partial charge in [-0.1, -0.05) is 19.3 Å². The van der Waals surface area contributed by atoms with Gasteiger partial charge in [-0.3, -0.25) is 9.20 Å². The molecular weight excluding hydrogens is 328 g/mol. The van der Waals surface area contributed by atoms with E-state index in [2.05, 4.69) is 15.3 Å². The highest BCUT2D eigenvalue weighted by Gasteiger charge is 2.22. The molecule has 0 saturated heterocycles. The summed E-state index contributed by atoms with van der Waals surface area (Å²) in [6, 6.07) is 7.59. The molecule has 0 aliphatic heterocycles. The lowest BCUT2D eigenvalue weighted by molar-refractivity contribution is -0.120. The van der Waals surface area contributed by atoms with Crippen LogP contribution < -0.4 is 10.1 Å². The smallest absolute Gasteiger partial charge is 0.234 e. The summed E-state index contributed by atoms with van der Waals surface area (Å²) >= 11 is 0. The number of aromatic nitrogens is 3. The van der Waals surface area contributed by atoms with E-state index in [4.69, 9.17) is 4.74 Å². The average Bonchev–Trinajstić information content (AvgIpc) is 3.13. The highest BCUT2D eigenvalue weighted by atomic mass is 16.5. The number of rotatable bonds is 4. The van der Waals surface area contributed by atoms with Gasteiger partial charge in [0.25, 0.3) is 0 Å². The standard InChI is InChI=1S/C20H22N4O2/c1-26-18-9-8-15(17-13-24-11-5-10-21-20(24)23-17)12-16(18)22-19(25)14-6-3-2-4-7-14/h5,8-14H,2-4,6-7H2,1H3,(H,22,25). The van der Waals surface area contributed by atoms with E-state index >= 15 is 0 Å². The monoisotopic (exact) mass is 350 g/mol. The molecule has 0 bridgehead atoms. The van der Waals surface area contributed by atoms with Gasteiger partial charge in [0.2, 0.25) is 11.7 Å². The van der Waals surface area contributed by atoms with E-state index in [1.54, 1.807) is 13.3 Å². The number of carbonyl (C=O) groups is 1. The molecular formula is C20H22N4O2. The minimum atomic E-state index is 0.0804. The third kappa shape index (κ3) is 3.27. The fourth-order valence-corrected chi connectivity index (χ4v) is 3.53. The fraction of sp³-hybridized carbons (Fsp3) is 0.350. The number of carbonyl (C=O) groups excluding carboxylic acids is 1. The first-order valence-electron chi connectivity index (χ1n) is 9.03. The summed E-state index contributed by atoms with van der Waals surface area (Å²) in [5, 5.41) is 3.06. The van der Waals surface area contributed by atoms with Gasteiger partial charge < -0.3 is 10.1 Å². The van der Waals surface area contributed by atoms with Crippen LogP contribution >= 0.6 is 0 Å². The van der Waals surface area contributed by atoms with Crippen molar-refractivity contribution in [3.05, 3.63) is 42.9 Å². The first-order valence-corrected chi connectivity index (χ1v) is 9.03. The van der Waals surface area contributed by atoms with Crippen molar-refractivity contribution in [1.82, 2.24) is 14.4 Å². The summed E-state index contributed by atoms with van der Waals surface area (Å²) < 4.78 is 7.31. The number of fused-ring (bicyclic) bond motifs is 1. The molecule has 26 heavy (non-hydrogen) atoms. The minimum Gasteiger partial charge on any atom is -0.495 e. The van der Waals surface area contributed by atoms with Crippen molar-refractivity contribution in [2.24, 2.45) is 5.92 Å². The van der Waals surface area contributed by atoms with Crippen LogP contribution in [0.1, 0.15) is 32.1 Å². The van der Waals surface area contributed by atoms with E-state index in [0.717, 1.165) is 36.9 Å². The molecule has 2 heterocycles. The molecule has 6 nitrogen and oxygen atoms in total. The molecule has 1 aliphatic carbocycles. The Morgan fingerprint density at radius 2 is 2.12 bits per heavy atom.